The van der Waals surface area contributed by atoms with Crippen LogP contribution in [0.5, 0.6) is 0 Å². The molecule has 1 aliphatic heterocycles. The molecule has 2 heterocycles. The molecule has 1 aromatic heterocycles. The molecule has 0 aliphatic carbocycles. The maximum Gasteiger partial charge on any atom is 0.256 e. The number of hydrogen-bond acceptors (Lipinski definition) is 6. The number of carbonyl (C=O) groups excluding carboxylic acids is 2. The molecule has 4 aromatic rings. The summed E-state index contributed by atoms with van der Waals surface area (Å²) in [6.07, 6.45) is 1.74. The first-order valence-electron chi connectivity index (χ1n) is 10.6. The van der Waals surface area contributed by atoms with Crippen molar-refractivity contribution in [2.45, 2.75) is 23.3 Å². The van der Waals surface area contributed by atoms with E-state index < -0.39 is 0 Å². The highest BCUT2D eigenvalue weighted by Crippen LogP contribution is 2.45. The lowest BCUT2D eigenvalue weighted by molar-refractivity contribution is 0.0949. The molecule has 0 bridgehead atoms. The first-order valence-corrected chi connectivity index (χ1v) is 13.0. The van der Waals surface area contributed by atoms with Crippen molar-refractivity contribution >= 4 is 56.5 Å². The van der Waals surface area contributed by atoms with Crippen LogP contribution in [0.25, 0.3) is 10.6 Å². The summed E-state index contributed by atoms with van der Waals surface area (Å²) in [6.45, 7) is 2.17. The van der Waals surface area contributed by atoms with Gasteiger partial charge in [0.15, 0.2) is 0 Å². The van der Waals surface area contributed by atoms with Crippen molar-refractivity contribution < 1.29 is 9.59 Å². The molecular weight excluding hydrogens is 544 g/mol. The Kier molecular flexibility index (Phi) is 6.43. The Balaban J connectivity index is 1.35. The second-order valence-corrected chi connectivity index (χ2v) is 10.8. The predicted octanol–water partition coefficient (Wildman–Crippen LogP) is 6.40. The van der Waals surface area contributed by atoms with Crippen molar-refractivity contribution in [2.24, 2.45) is 0 Å². The van der Waals surface area contributed by atoms with Gasteiger partial charge in [-0.25, -0.2) is 4.98 Å². The third kappa shape index (κ3) is 4.60. The summed E-state index contributed by atoms with van der Waals surface area (Å²) in [5.41, 5.74) is 3.95. The smallest absolute Gasteiger partial charge is 0.256 e. The van der Waals surface area contributed by atoms with Crippen LogP contribution in [-0.2, 0) is 6.54 Å². The van der Waals surface area contributed by atoms with Crippen LogP contribution in [0.1, 0.15) is 36.7 Å². The lowest BCUT2D eigenvalue weighted by atomic mass is 10.1. The van der Waals surface area contributed by atoms with E-state index in [0.29, 0.717) is 34.5 Å². The van der Waals surface area contributed by atoms with Crippen molar-refractivity contribution in [3.8, 4) is 16.6 Å². The van der Waals surface area contributed by atoms with Crippen LogP contribution in [0, 0.1) is 18.3 Å². The Bertz CT molecular complexity index is 1520. The van der Waals surface area contributed by atoms with Crippen LogP contribution in [0.3, 0.4) is 0 Å². The number of fused-ring (bicyclic) bond motifs is 2. The largest absolute Gasteiger partial charge is 0.347 e. The number of nitrogens with zero attached hydrogens (tertiary/aromatic N) is 2. The molecule has 172 valence electrons. The van der Waals surface area contributed by atoms with E-state index in [-0.39, 0.29) is 11.8 Å². The number of hydrogen-bond donors (Lipinski definition) is 2. The molecule has 0 unspecified atom stereocenters. The molecule has 3 aromatic carbocycles. The van der Waals surface area contributed by atoms with Gasteiger partial charge in [-0.15, -0.1) is 11.3 Å². The Morgan fingerprint density at radius 1 is 1.20 bits per heavy atom. The molecule has 0 saturated carbocycles. The standard InChI is InChI=1S/C26H17BrN4O2S2/c1-14-19(10-20(27)23-22(14)31-25(33)18-4-2-3-5-21(18)35-23)24(32)29-12-17-13-30-26(34-17)16-8-6-15(11-28)7-9-16/h2-10,13H,12H2,1H3,(H,29,32)(H,31,33). The highest BCUT2D eigenvalue weighted by Gasteiger charge is 2.26. The lowest BCUT2D eigenvalue weighted by Crippen LogP contribution is -2.24. The fourth-order valence-corrected chi connectivity index (χ4v) is 6.34. The summed E-state index contributed by atoms with van der Waals surface area (Å²) in [5.74, 6) is -0.431. The number of anilines is 1. The minimum Gasteiger partial charge on any atom is -0.347 e. The van der Waals surface area contributed by atoms with Gasteiger partial charge in [0.1, 0.15) is 5.01 Å². The van der Waals surface area contributed by atoms with Crippen molar-refractivity contribution in [1.29, 1.82) is 5.26 Å². The summed E-state index contributed by atoms with van der Waals surface area (Å²) in [4.78, 5) is 33.0. The lowest BCUT2D eigenvalue weighted by Gasteiger charge is -2.16. The van der Waals surface area contributed by atoms with Crippen molar-refractivity contribution in [1.82, 2.24) is 10.3 Å². The average molecular weight is 561 g/mol. The second kappa shape index (κ2) is 9.66. The maximum absolute atomic E-state index is 13.1. The average Bonchev–Trinajstić information content (AvgIpc) is 3.29. The molecule has 5 rings (SSSR count). The Labute approximate surface area is 218 Å². The molecular formula is C26H17BrN4O2S2. The number of amides is 2. The third-order valence-electron chi connectivity index (χ3n) is 5.56. The third-order valence-corrected chi connectivity index (χ3v) is 8.70. The normalized spacial score (nSPS) is 12.1. The number of thiazole rings is 1. The van der Waals surface area contributed by atoms with Gasteiger partial charge in [-0.3, -0.25) is 9.59 Å². The quantitative estimate of drug-likeness (QED) is 0.301. The summed E-state index contributed by atoms with van der Waals surface area (Å²) >= 11 is 6.58. The summed E-state index contributed by atoms with van der Waals surface area (Å²) in [6, 6.07) is 18.6. The van der Waals surface area contributed by atoms with Crippen LogP contribution >= 0.6 is 39.0 Å². The van der Waals surface area contributed by atoms with E-state index in [1.165, 1.54) is 23.1 Å². The molecule has 6 nitrogen and oxygen atoms in total. The van der Waals surface area contributed by atoms with Gasteiger partial charge in [-0.2, -0.15) is 5.26 Å². The summed E-state index contributed by atoms with van der Waals surface area (Å²) in [7, 11) is 0. The monoisotopic (exact) mass is 560 g/mol. The minimum atomic E-state index is -0.236. The van der Waals surface area contributed by atoms with E-state index in [9.17, 15) is 9.59 Å². The number of nitriles is 1. The zero-order valence-electron chi connectivity index (χ0n) is 18.4. The SMILES string of the molecule is Cc1c(C(=O)NCc2cnc(-c3ccc(C#N)cc3)s2)cc(Br)c2c1NC(=O)c1ccccc1S2. The highest BCUT2D eigenvalue weighted by atomic mass is 79.9. The van der Waals surface area contributed by atoms with E-state index in [1.807, 2.05) is 37.3 Å². The fraction of sp³-hybridized carbons (Fsp3) is 0.0769. The maximum atomic E-state index is 13.1. The number of benzene rings is 3. The number of halogens is 1. The highest BCUT2D eigenvalue weighted by molar-refractivity contribution is 9.10. The zero-order valence-corrected chi connectivity index (χ0v) is 21.6. The van der Waals surface area contributed by atoms with Crippen molar-refractivity contribution in [3.63, 3.8) is 0 Å². The van der Waals surface area contributed by atoms with E-state index in [4.69, 9.17) is 5.26 Å². The van der Waals surface area contributed by atoms with Crippen molar-refractivity contribution in [2.75, 3.05) is 5.32 Å². The Morgan fingerprint density at radius 2 is 1.97 bits per heavy atom. The van der Waals surface area contributed by atoms with Gasteiger partial charge >= 0.3 is 0 Å². The molecule has 0 fully saturated rings. The van der Waals surface area contributed by atoms with Gasteiger partial charge in [0.2, 0.25) is 0 Å². The number of aromatic nitrogens is 1. The topological polar surface area (TPSA) is 94.9 Å². The van der Waals surface area contributed by atoms with Gasteiger partial charge < -0.3 is 10.6 Å². The molecule has 0 atom stereocenters. The van der Waals surface area contributed by atoms with E-state index in [2.05, 4.69) is 37.6 Å². The number of nitrogens with one attached hydrogen (secondary N) is 2. The van der Waals surface area contributed by atoms with Crippen LogP contribution in [-0.4, -0.2) is 16.8 Å². The van der Waals surface area contributed by atoms with Gasteiger partial charge in [0.05, 0.1) is 34.3 Å². The molecule has 0 radical (unpaired) electrons. The first kappa shape index (κ1) is 23.3. The van der Waals surface area contributed by atoms with Gasteiger partial charge in [0, 0.05) is 31.6 Å². The van der Waals surface area contributed by atoms with E-state index >= 15 is 0 Å². The summed E-state index contributed by atoms with van der Waals surface area (Å²) < 4.78 is 0.742. The molecule has 0 saturated heterocycles. The first-order chi connectivity index (χ1) is 16.9. The Morgan fingerprint density at radius 3 is 2.74 bits per heavy atom. The van der Waals surface area contributed by atoms with Crippen LogP contribution in [0.2, 0.25) is 0 Å². The molecule has 0 spiro atoms. The van der Waals surface area contributed by atoms with Gasteiger partial charge in [-0.05, 0) is 58.7 Å². The van der Waals surface area contributed by atoms with E-state index in [0.717, 1.165) is 29.7 Å². The second-order valence-electron chi connectivity index (χ2n) is 7.79. The predicted molar refractivity (Wildman–Crippen MR) is 141 cm³/mol. The van der Waals surface area contributed by atoms with Crippen molar-refractivity contribution in [3.05, 3.63) is 92.4 Å². The number of carbonyl (C=O) groups is 2. The summed E-state index contributed by atoms with van der Waals surface area (Å²) in [5, 5.41) is 15.7. The minimum absolute atomic E-state index is 0.195. The van der Waals surface area contributed by atoms with Crippen LogP contribution in [0.4, 0.5) is 5.69 Å². The fourth-order valence-electron chi connectivity index (χ4n) is 3.72. The zero-order chi connectivity index (χ0) is 24.5. The molecule has 1 aliphatic rings. The van der Waals surface area contributed by atoms with Crippen LogP contribution in [0.15, 0.2) is 75.1 Å². The molecule has 9 heteroatoms. The molecule has 2 amide bonds. The van der Waals surface area contributed by atoms with Gasteiger partial charge in [0.25, 0.3) is 11.8 Å². The Hall–Kier alpha value is -3.45. The van der Waals surface area contributed by atoms with E-state index in [1.54, 1.807) is 30.5 Å². The van der Waals surface area contributed by atoms with Gasteiger partial charge in [-0.1, -0.05) is 36.0 Å². The molecule has 2 N–H and O–H groups in total. The number of rotatable bonds is 4. The van der Waals surface area contributed by atoms with Crippen LogP contribution < -0.4 is 10.6 Å². The molecule has 35 heavy (non-hydrogen) atoms.